The Bertz CT molecular complexity index is 311. The SMILES string of the molecule is CNC(CN1C(=O)CC(C)C1=O)C1CCCC1. The summed E-state index contributed by atoms with van der Waals surface area (Å²) in [4.78, 5) is 25.1. The summed E-state index contributed by atoms with van der Waals surface area (Å²) < 4.78 is 0. The normalized spacial score (nSPS) is 28.1. The number of hydrogen-bond acceptors (Lipinski definition) is 3. The van der Waals surface area contributed by atoms with Gasteiger partial charge in [-0.1, -0.05) is 19.8 Å². The zero-order chi connectivity index (χ0) is 12.4. The van der Waals surface area contributed by atoms with Gasteiger partial charge in [-0.3, -0.25) is 14.5 Å². The molecule has 0 spiro atoms. The van der Waals surface area contributed by atoms with Gasteiger partial charge in [-0.15, -0.1) is 0 Å². The van der Waals surface area contributed by atoms with Gasteiger partial charge in [0.2, 0.25) is 11.8 Å². The van der Waals surface area contributed by atoms with Crippen LogP contribution in [0.4, 0.5) is 0 Å². The zero-order valence-electron chi connectivity index (χ0n) is 10.7. The summed E-state index contributed by atoms with van der Waals surface area (Å²) in [6, 6.07) is 0.274. The number of carbonyl (C=O) groups excluding carboxylic acids is 2. The van der Waals surface area contributed by atoms with Crippen LogP contribution in [0.1, 0.15) is 39.0 Å². The highest BCUT2D eigenvalue weighted by molar-refractivity contribution is 6.03. The summed E-state index contributed by atoms with van der Waals surface area (Å²) in [5, 5.41) is 3.28. The van der Waals surface area contributed by atoms with Crippen molar-refractivity contribution in [1.29, 1.82) is 0 Å². The summed E-state index contributed by atoms with van der Waals surface area (Å²) in [6.45, 7) is 2.40. The molecule has 96 valence electrons. The van der Waals surface area contributed by atoms with Gasteiger partial charge in [0.15, 0.2) is 0 Å². The minimum atomic E-state index is -0.122. The molecule has 2 fully saturated rings. The van der Waals surface area contributed by atoms with Crippen LogP contribution >= 0.6 is 0 Å². The van der Waals surface area contributed by atoms with Crippen LogP contribution in [0.3, 0.4) is 0 Å². The summed E-state index contributed by atoms with van der Waals surface area (Å²) in [5.74, 6) is 0.508. The van der Waals surface area contributed by atoms with Crippen LogP contribution < -0.4 is 5.32 Å². The van der Waals surface area contributed by atoms with Crippen LogP contribution in [-0.2, 0) is 9.59 Å². The number of likely N-dealkylation sites (N-methyl/N-ethyl adjacent to an activating group) is 1. The van der Waals surface area contributed by atoms with Crippen molar-refractivity contribution in [3.63, 3.8) is 0 Å². The number of likely N-dealkylation sites (tertiary alicyclic amines) is 1. The lowest BCUT2D eigenvalue weighted by Gasteiger charge is -2.27. The molecule has 1 N–H and O–H groups in total. The molecule has 17 heavy (non-hydrogen) atoms. The fourth-order valence-corrected chi connectivity index (χ4v) is 3.07. The van der Waals surface area contributed by atoms with Gasteiger partial charge in [0.05, 0.1) is 0 Å². The summed E-state index contributed by atoms with van der Waals surface area (Å²) >= 11 is 0. The first-order chi connectivity index (χ1) is 8.13. The van der Waals surface area contributed by atoms with E-state index in [4.69, 9.17) is 0 Å². The van der Waals surface area contributed by atoms with Crippen LogP contribution in [-0.4, -0.2) is 36.3 Å². The van der Waals surface area contributed by atoms with Gasteiger partial charge in [-0.25, -0.2) is 0 Å². The second kappa shape index (κ2) is 5.17. The second-order valence-corrected chi connectivity index (χ2v) is 5.39. The van der Waals surface area contributed by atoms with E-state index in [1.165, 1.54) is 30.6 Å². The van der Waals surface area contributed by atoms with E-state index >= 15 is 0 Å². The van der Waals surface area contributed by atoms with E-state index in [1.807, 2.05) is 14.0 Å². The van der Waals surface area contributed by atoms with E-state index in [-0.39, 0.29) is 23.8 Å². The maximum atomic E-state index is 11.9. The molecule has 0 aromatic carbocycles. The monoisotopic (exact) mass is 238 g/mol. The second-order valence-electron chi connectivity index (χ2n) is 5.39. The number of nitrogens with one attached hydrogen (secondary N) is 1. The van der Waals surface area contributed by atoms with Crippen LogP contribution in [0.25, 0.3) is 0 Å². The lowest BCUT2D eigenvalue weighted by Crippen LogP contribution is -2.45. The highest BCUT2D eigenvalue weighted by Gasteiger charge is 2.38. The molecule has 1 saturated heterocycles. The first kappa shape index (κ1) is 12.6. The molecule has 4 nitrogen and oxygen atoms in total. The third kappa shape index (κ3) is 2.51. The number of amides is 2. The van der Waals surface area contributed by atoms with E-state index in [1.54, 1.807) is 0 Å². The van der Waals surface area contributed by atoms with Crippen molar-refractivity contribution in [3.05, 3.63) is 0 Å². The molecule has 4 heteroatoms. The lowest BCUT2D eigenvalue weighted by molar-refractivity contribution is -0.139. The molecule has 0 radical (unpaired) electrons. The van der Waals surface area contributed by atoms with Gasteiger partial charge in [-0.05, 0) is 25.8 Å². The average molecular weight is 238 g/mol. The molecular formula is C13H22N2O2. The minimum absolute atomic E-state index is 0.000692. The number of imide groups is 1. The average Bonchev–Trinajstić information content (AvgIpc) is 2.89. The van der Waals surface area contributed by atoms with E-state index in [2.05, 4.69) is 5.32 Å². The summed E-state index contributed by atoms with van der Waals surface area (Å²) in [5.41, 5.74) is 0. The highest BCUT2D eigenvalue weighted by Crippen LogP contribution is 2.29. The van der Waals surface area contributed by atoms with Crippen LogP contribution in [0.2, 0.25) is 0 Å². The van der Waals surface area contributed by atoms with Crippen LogP contribution in [0.5, 0.6) is 0 Å². The largest absolute Gasteiger partial charge is 0.315 e. The maximum absolute atomic E-state index is 11.9. The molecule has 2 aliphatic rings. The number of nitrogens with zero attached hydrogens (tertiary/aromatic N) is 1. The molecule has 1 aliphatic heterocycles. The zero-order valence-corrected chi connectivity index (χ0v) is 10.7. The smallest absolute Gasteiger partial charge is 0.232 e. The van der Waals surface area contributed by atoms with Gasteiger partial charge >= 0.3 is 0 Å². The Labute approximate surface area is 103 Å². The predicted octanol–water partition coefficient (Wildman–Crippen LogP) is 1.16. The fourth-order valence-electron chi connectivity index (χ4n) is 3.07. The lowest BCUT2D eigenvalue weighted by atomic mass is 9.98. The molecule has 2 atom stereocenters. The van der Waals surface area contributed by atoms with Crippen molar-refractivity contribution in [1.82, 2.24) is 10.2 Å². The van der Waals surface area contributed by atoms with Gasteiger partial charge < -0.3 is 5.32 Å². The summed E-state index contributed by atoms with van der Waals surface area (Å²) in [7, 11) is 1.93. The molecule has 0 aromatic heterocycles. The summed E-state index contributed by atoms with van der Waals surface area (Å²) in [6.07, 6.45) is 5.39. The van der Waals surface area contributed by atoms with Crippen molar-refractivity contribution < 1.29 is 9.59 Å². The standard InChI is InChI=1S/C13H22N2O2/c1-9-7-12(16)15(13(9)17)8-11(14-2)10-5-3-4-6-10/h9-11,14H,3-8H2,1-2H3. The number of hydrogen-bond donors (Lipinski definition) is 1. The Hall–Kier alpha value is -0.900. The predicted molar refractivity (Wildman–Crippen MR) is 65.3 cm³/mol. The van der Waals surface area contributed by atoms with Crippen LogP contribution in [0.15, 0.2) is 0 Å². The van der Waals surface area contributed by atoms with Gasteiger partial charge in [-0.2, -0.15) is 0 Å². The number of rotatable bonds is 4. The fraction of sp³-hybridized carbons (Fsp3) is 0.846. The van der Waals surface area contributed by atoms with Gasteiger partial charge in [0.1, 0.15) is 0 Å². The molecule has 1 heterocycles. The van der Waals surface area contributed by atoms with Crippen molar-refractivity contribution in [2.45, 2.75) is 45.1 Å². The molecule has 1 saturated carbocycles. The maximum Gasteiger partial charge on any atom is 0.232 e. The van der Waals surface area contributed by atoms with Crippen molar-refractivity contribution in [2.75, 3.05) is 13.6 Å². The molecular weight excluding hydrogens is 216 g/mol. The Balaban J connectivity index is 1.98. The van der Waals surface area contributed by atoms with E-state index in [0.29, 0.717) is 18.9 Å². The quantitative estimate of drug-likeness (QED) is 0.748. The first-order valence-corrected chi connectivity index (χ1v) is 6.65. The number of carbonyl (C=O) groups is 2. The Kier molecular flexibility index (Phi) is 3.82. The molecule has 2 amide bonds. The van der Waals surface area contributed by atoms with E-state index < -0.39 is 0 Å². The molecule has 2 rings (SSSR count). The molecule has 0 bridgehead atoms. The van der Waals surface area contributed by atoms with E-state index in [9.17, 15) is 9.59 Å². The third-order valence-corrected chi connectivity index (χ3v) is 4.19. The molecule has 0 aromatic rings. The Morgan fingerprint density at radius 3 is 2.47 bits per heavy atom. The third-order valence-electron chi connectivity index (χ3n) is 4.19. The van der Waals surface area contributed by atoms with Gasteiger partial charge in [0.25, 0.3) is 0 Å². The first-order valence-electron chi connectivity index (χ1n) is 6.65. The van der Waals surface area contributed by atoms with Crippen molar-refractivity contribution >= 4 is 11.8 Å². The Morgan fingerprint density at radius 2 is 2.00 bits per heavy atom. The van der Waals surface area contributed by atoms with Crippen molar-refractivity contribution in [2.24, 2.45) is 11.8 Å². The van der Waals surface area contributed by atoms with Gasteiger partial charge in [0, 0.05) is 24.9 Å². The minimum Gasteiger partial charge on any atom is -0.315 e. The topological polar surface area (TPSA) is 49.4 Å². The highest BCUT2D eigenvalue weighted by atomic mass is 16.2. The van der Waals surface area contributed by atoms with E-state index in [0.717, 1.165) is 0 Å². The van der Waals surface area contributed by atoms with Crippen LogP contribution in [0, 0.1) is 11.8 Å². The van der Waals surface area contributed by atoms with Crippen molar-refractivity contribution in [3.8, 4) is 0 Å². The molecule has 2 unspecified atom stereocenters. The molecule has 1 aliphatic carbocycles. The Morgan fingerprint density at radius 1 is 1.35 bits per heavy atom.